The maximum atomic E-state index is 13.1. The van der Waals surface area contributed by atoms with Crippen LogP contribution in [0.4, 0.5) is 0 Å². The quantitative estimate of drug-likeness (QED) is 0.569. The summed E-state index contributed by atoms with van der Waals surface area (Å²) in [5.74, 6) is 0.528. The minimum atomic E-state index is 0.0770. The molecule has 1 unspecified atom stereocenters. The van der Waals surface area contributed by atoms with Crippen LogP contribution in [0.15, 0.2) is 66.3 Å². The largest absolute Gasteiger partial charge is 0.341 e. The molecule has 1 saturated heterocycles. The van der Waals surface area contributed by atoms with Crippen molar-refractivity contribution in [3.05, 3.63) is 76.7 Å². The van der Waals surface area contributed by atoms with Gasteiger partial charge in [0.05, 0.1) is 4.88 Å². The minimum Gasteiger partial charge on any atom is -0.341 e. The highest BCUT2D eigenvalue weighted by Gasteiger charge is 2.33. The van der Waals surface area contributed by atoms with Crippen LogP contribution in [0.5, 0.6) is 0 Å². The number of benzene rings is 1. The molecular formula is C24H28N4O2S. The third-order valence-electron chi connectivity index (χ3n) is 6.13. The summed E-state index contributed by atoms with van der Waals surface area (Å²) in [5, 5.41) is 6.08. The molecule has 0 saturated carbocycles. The molecule has 0 bridgehead atoms. The fourth-order valence-corrected chi connectivity index (χ4v) is 5.07. The van der Waals surface area contributed by atoms with Gasteiger partial charge >= 0.3 is 0 Å². The Morgan fingerprint density at radius 2 is 1.90 bits per heavy atom. The number of carbonyl (C=O) groups excluding carboxylic acids is 2. The molecule has 1 aliphatic rings. The number of thiophene rings is 1. The summed E-state index contributed by atoms with van der Waals surface area (Å²) in [6, 6.07) is 16.1. The Hall–Kier alpha value is -2.93. The molecule has 0 aliphatic carbocycles. The molecule has 0 radical (unpaired) electrons. The lowest BCUT2D eigenvalue weighted by Crippen LogP contribution is -2.48. The maximum Gasteiger partial charge on any atom is 0.263 e. The van der Waals surface area contributed by atoms with Gasteiger partial charge in [0.15, 0.2) is 0 Å². The summed E-state index contributed by atoms with van der Waals surface area (Å²) >= 11 is 1.48. The molecule has 7 heteroatoms. The van der Waals surface area contributed by atoms with Gasteiger partial charge in [-0.2, -0.15) is 5.10 Å². The van der Waals surface area contributed by atoms with Crippen LogP contribution in [-0.4, -0.2) is 57.6 Å². The number of aromatic nitrogens is 2. The first-order chi connectivity index (χ1) is 15.1. The highest BCUT2D eigenvalue weighted by Crippen LogP contribution is 2.28. The van der Waals surface area contributed by atoms with Gasteiger partial charge < -0.3 is 9.80 Å². The van der Waals surface area contributed by atoms with E-state index in [2.05, 4.69) is 17.2 Å². The van der Waals surface area contributed by atoms with E-state index in [0.29, 0.717) is 5.92 Å². The number of rotatable bonds is 7. The standard InChI is InChI=1S/C24H28N4O2S/c1-26(24(30)22-9-5-16-31-22)21(17-19-7-3-2-4-8-19)20-10-14-27(15-11-20)23(29)18-28-13-6-12-25-28/h2-9,12-13,16,20-21H,10-11,14-15,17-18H2,1H3. The number of amides is 2. The number of carbonyl (C=O) groups is 2. The van der Waals surface area contributed by atoms with Gasteiger partial charge in [-0.3, -0.25) is 14.3 Å². The van der Waals surface area contributed by atoms with E-state index in [9.17, 15) is 9.59 Å². The predicted molar refractivity (Wildman–Crippen MR) is 122 cm³/mol. The first-order valence-corrected chi connectivity index (χ1v) is 11.6. The summed E-state index contributed by atoms with van der Waals surface area (Å²) in [5.41, 5.74) is 1.23. The van der Waals surface area contributed by atoms with E-state index in [4.69, 9.17) is 0 Å². The molecule has 1 atom stereocenters. The van der Waals surface area contributed by atoms with Gasteiger partial charge in [-0.1, -0.05) is 36.4 Å². The van der Waals surface area contributed by atoms with E-state index in [1.54, 1.807) is 10.9 Å². The Morgan fingerprint density at radius 3 is 2.55 bits per heavy atom. The number of nitrogens with zero attached hydrogens (tertiary/aromatic N) is 4. The van der Waals surface area contributed by atoms with Crippen LogP contribution >= 0.6 is 11.3 Å². The molecule has 1 fully saturated rings. The zero-order valence-corrected chi connectivity index (χ0v) is 18.6. The fraction of sp³-hybridized carbons (Fsp3) is 0.375. The summed E-state index contributed by atoms with van der Waals surface area (Å²) in [7, 11) is 1.92. The number of piperidine rings is 1. The van der Waals surface area contributed by atoms with Crippen LogP contribution in [0.25, 0.3) is 0 Å². The van der Waals surface area contributed by atoms with E-state index in [0.717, 1.165) is 37.2 Å². The van der Waals surface area contributed by atoms with Gasteiger partial charge in [0.25, 0.3) is 5.91 Å². The minimum absolute atomic E-state index is 0.0770. The Labute approximate surface area is 187 Å². The molecule has 3 aromatic rings. The topological polar surface area (TPSA) is 58.4 Å². The molecule has 2 amide bonds. The van der Waals surface area contributed by atoms with Crippen molar-refractivity contribution in [2.24, 2.45) is 5.92 Å². The monoisotopic (exact) mass is 436 g/mol. The van der Waals surface area contributed by atoms with Crippen molar-refractivity contribution in [1.29, 1.82) is 0 Å². The number of likely N-dealkylation sites (N-methyl/N-ethyl adjacent to an activating group) is 1. The zero-order valence-electron chi connectivity index (χ0n) is 17.8. The van der Waals surface area contributed by atoms with E-state index in [1.807, 2.05) is 64.8 Å². The zero-order chi connectivity index (χ0) is 21.6. The van der Waals surface area contributed by atoms with Crippen molar-refractivity contribution in [2.75, 3.05) is 20.1 Å². The summed E-state index contributed by atoms with van der Waals surface area (Å²) < 4.78 is 1.67. The Balaban J connectivity index is 1.44. The SMILES string of the molecule is CN(C(=O)c1cccs1)C(Cc1ccccc1)C1CCN(C(=O)Cn2cccn2)CC1. The molecule has 1 aromatic carbocycles. The third-order valence-corrected chi connectivity index (χ3v) is 6.99. The molecule has 3 heterocycles. The average molecular weight is 437 g/mol. The molecule has 2 aromatic heterocycles. The van der Waals surface area contributed by atoms with Crippen LogP contribution in [0.2, 0.25) is 0 Å². The van der Waals surface area contributed by atoms with Crippen LogP contribution in [-0.2, 0) is 17.8 Å². The molecule has 0 spiro atoms. The third kappa shape index (κ3) is 5.22. The van der Waals surface area contributed by atoms with E-state index < -0.39 is 0 Å². The van der Waals surface area contributed by atoms with Crippen LogP contribution in [0.3, 0.4) is 0 Å². The van der Waals surface area contributed by atoms with Gasteiger partial charge in [-0.05, 0) is 48.3 Å². The van der Waals surface area contributed by atoms with Crippen LogP contribution in [0, 0.1) is 5.92 Å². The van der Waals surface area contributed by atoms with Crippen molar-refractivity contribution in [1.82, 2.24) is 19.6 Å². The smallest absolute Gasteiger partial charge is 0.263 e. The molecule has 31 heavy (non-hydrogen) atoms. The van der Waals surface area contributed by atoms with Gasteiger partial charge in [-0.25, -0.2) is 0 Å². The van der Waals surface area contributed by atoms with Gasteiger partial charge in [-0.15, -0.1) is 11.3 Å². The molecule has 162 valence electrons. The second kappa shape index (κ2) is 9.92. The van der Waals surface area contributed by atoms with Gasteiger partial charge in [0.1, 0.15) is 6.54 Å². The second-order valence-electron chi connectivity index (χ2n) is 8.07. The lowest BCUT2D eigenvalue weighted by Gasteiger charge is -2.40. The van der Waals surface area contributed by atoms with Gasteiger partial charge in [0, 0.05) is 38.6 Å². The lowest BCUT2D eigenvalue weighted by atomic mass is 9.85. The predicted octanol–water partition coefficient (Wildman–Crippen LogP) is 3.57. The highest BCUT2D eigenvalue weighted by molar-refractivity contribution is 7.12. The van der Waals surface area contributed by atoms with Crippen LogP contribution < -0.4 is 0 Å². The van der Waals surface area contributed by atoms with E-state index in [1.165, 1.54) is 16.9 Å². The second-order valence-corrected chi connectivity index (χ2v) is 9.02. The average Bonchev–Trinajstić information content (AvgIpc) is 3.52. The Bertz CT molecular complexity index is 964. The summed E-state index contributed by atoms with van der Waals surface area (Å²) in [6.45, 7) is 1.72. The molecule has 6 nitrogen and oxygen atoms in total. The highest BCUT2D eigenvalue weighted by atomic mass is 32.1. The maximum absolute atomic E-state index is 13.1. The first-order valence-electron chi connectivity index (χ1n) is 10.7. The fourth-order valence-electron chi connectivity index (χ4n) is 4.37. The van der Waals surface area contributed by atoms with Crippen molar-refractivity contribution in [3.63, 3.8) is 0 Å². The number of hydrogen-bond acceptors (Lipinski definition) is 4. The van der Waals surface area contributed by atoms with Crippen molar-refractivity contribution < 1.29 is 9.59 Å². The Morgan fingerprint density at radius 1 is 1.13 bits per heavy atom. The number of hydrogen-bond donors (Lipinski definition) is 0. The molecule has 0 N–H and O–H groups in total. The normalized spacial score (nSPS) is 15.6. The lowest BCUT2D eigenvalue weighted by molar-refractivity contribution is -0.133. The van der Waals surface area contributed by atoms with Crippen molar-refractivity contribution in [2.45, 2.75) is 31.8 Å². The molecular weight excluding hydrogens is 408 g/mol. The summed E-state index contributed by atoms with van der Waals surface area (Å²) in [6.07, 6.45) is 6.11. The first kappa shape index (κ1) is 21.3. The molecule has 4 rings (SSSR count). The summed E-state index contributed by atoms with van der Waals surface area (Å²) in [4.78, 5) is 30.3. The Kier molecular flexibility index (Phi) is 6.82. The van der Waals surface area contributed by atoms with Crippen molar-refractivity contribution >= 4 is 23.2 Å². The van der Waals surface area contributed by atoms with Gasteiger partial charge in [0.2, 0.25) is 5.91 Å². The van der Waals surface area contributed by atoms with E-state index >= 15 is 0 Å². The number of likely N-dealkylation sites (tertiary alicyclic amines) is 1. The van der Waals surface area contributed by atoms with Crippen molar-refractivity contribution in [3.8, 4) is 0 Å². The van der Waals surface area contributed by atoms with E-state index in [-0.39, 0.29) is 24.4 Å². The van der Waals surface area contributed by atoms with Crippen LogP contribution in [0.1, 0.15) is 28.1 Å². The molecule has 1 aliphatic heterocycles.